The van der Waals surface area contributed by atoms with Crippen LogP contribution < -0.4 is 10.6 Å². The van der Waals surface area contributed by atoms with E-state index in [1.807, 2.05) is 85.2 Å². The van der Waals surface area contributed by atoms with Crippen LogP contribution in [0.5, 0.6) is 0 Å². The summed E-state index contributed by atoms with van der Waals surface area (Å²) in [5.74, 6) is -0.329. The predicted octanol–water partition coefficient (Wildman–Crippen LogP) is 7.75. The smallest absolute Gasteiger partial charge is 0.251 e. The van der Waals surface area contributed by atoms with E-state index in [1.54, 1.807) is 17.0 Å². The van der Waals surface area contributed by atoms with Crippen molar-refractivity contribution < 1.29 is 14.4 Å². The fourth-order valence-electron chi connectivity index (χ4n) is 7.14. The van der Waals surface area contributed by atoms with E-state index < -0.39 is 0 Å². The highest BCUT2D eigenvalue weighted by Gasteiger charge is 2.24. The van der Waals surface area contributed by atoms with Crippen LogP contribution in [0.25, 0.3) is 27.4 Å². The Morgan fingerprint density at radius 2 is 1.63 bits per heavy atom. The average molecular weight is 762 g/mol. The minimum Gasteiger partial charge on any atom is -0.361 e. The normalized spacial score (nSPS) is 13.8. The van der Waals surface area contributed by atoms with Crippen molar-refractivity contribution in [3.63, 3.8) is 0 Å². The second-order valence-corrected chi connectivity index (χ2v) is 14.6. The summed E-state index contributed by atoms with van der Waals surface area (Å²) in [6.45, 7) is 4.18. The standard InChI is InChI=1S/C43H42Cl2N6O3/c1-28(52)51(25-30-11-13-38(44)39(45)19-30)26-34(20-33-23-46-40-10-6-5-9-35(33)40)49-42(53)27-50-17-15-31(16-18-50)37-24-47-41-14-12-32(21-36(37)41)43(54)48-22-29-7-3-2-4-8-29/h2-15,19,21,23-24,34,46-47H,16-18,20,22,25-27H2,1H3,(H,48,54)(H,49,53)/t34-/m1/s1. The minimum atomic E-state index is -0.343. The first-order valence-corrected chi connectivity index (χ1v) is 18.8. The summed E-state index contributed by atoms with van der Waals surface area (Å²) in [4.78, 5) is 50.1. The molecule has 0 aliphatic carbocycles. The Balaban J connectivity index is 1.02. The van der Waals surface area contributed by atoms with Crippen molar-refractivity contribution >= 4 is 68.3 Å². The Bertz CT molecular complexity index is 2330. The van der Waals surface area contributed by atoms with Gasteiger partial charge in [-0.3, -0.25) is 19.3 Å². The lowest BCUT2D eigenvalue weighted by Crippen LogP contribution is -2.49. The maximum absolute atomic E-state index is 13.7. The molecule has 9 nitrogen and oxygen atoms in total. The number of nitrogens with zero attached hydrogens (tertiary/aromatic N) is 2. The topological polar surface area (TPSA) is 113 Å². The van der Waals surface area contributed by atoms with Crippen molar-refractivity contribution in [3.05, 3.63) is 147 Å². The van der Waals surface area contributed by atoms with Crippen LogP contribution in [0, 0.1) is 0 Å². The number of halogens is 2. The molecule has 11 heteroatoms. The molecule has 276 valence electrons. The first-order valence-electron chi connectivity index (χ1n) is 18.1. The van der Waals surface area contributed by atoms with Gasteiger partial charge in [0, 0.05) is 85.0 Å². The lowest BCUT2D eigenvalue weighted by Gasteiger charge is -2.30. The minimum absolute atomic E-state index is 0.104. The zero-order valence-corrected chi connectivity index (χ0v) is 31.5. The molecule has 0 bridgehead atoms. The molecular formula is C43H42Cl2N6O3. The average Bonchev–Trinajstić information content (AvgIpc) is 3.79. The third kappa shape index (κ3) is 8.88. The van der Waals surface area contributed by atoms with Gasteiger partial charge in [-0.25, -0.2) is 0 Å². The Kier molecular flexibility index (Phi) is 11.5. The van der Waals surface area contributed by atoms with Crippen LogP contribution in [0.3, 0.4) is 0 Å². The number of hydrogen-bond acceptors (Lipinski definition) is 4. The Morgan fingerprint density at radius 1 is 0.852 bits per heavy atom. The van der Waals surface area contributed by atoms with Gasteiger partial charge in [0.05, 0.1) is 22.6 Å². The number of aromatic amines is 2. The Labute approximate surface area is 324 Å². The molecule has 3 amide bonds. The fraction of sp³-hybridized carbons (Fsp3) is 0.233. The number of carbonyl (C=O) groups excluding carboxylic acids is 3. The van der Waals surface area contributed by atoms with Crippen LogP contribution in [0.15, 0.2) is 109 Å². The highest BCUT2D eigenvalue weighted by atomic mass is 35.5. The molecule has 1 aliphatic heterocycles. The second kappa shape index (κ2) is 16.8. The van der Waals surface area contributed by atoms with Crippen molar-refractivity contribution in [2.45, 2.75) is 38.9 Å². The number of aromatic nitrogens is 2. The number of amides is 3. The van der Waals surface area contributed by atoms with E-state index in [9.17, 15) is 14.4 Å². The largest absolute Gasteiger partial charge is 0.361 e. The number of carbonyl (C=O) groups is 3. The third-order valence-electron chi connectivity index (χ3n) is 10.00. The second-order valence-electron chi connectivity index (χ2n) is 13.8. The summed E-state index contributed by atoms with van der Waals surface area (Å²) in [6.07, 6.45) is 7.43. The molecular weight excluding hydrogens is 719 g/mol. The molecule has 0 fully saturated rings. The van der Waals surface area contributed by atoms with E-state index in [4.69, 9.17) is 23.2 Å². The van der Waals surface area contributed by atoms with Crippen LogP contribution in [0.1, 0.15) is 46.0 Å². The van der Waals surface area contributed by atoms with Gasteiger partial charge in [0.25, 0.3) is 5.91 Å². The number of nitrogens with one attached hydrogen (secondary N) is 4. The third-order valence-corrected chi connectivity index (χ3v) is 10.7. The number of rotatable bonds is 13. The molecule has 7 rings (SSSR count). The summed E-state index contributed by atoms with van der Waals surface area (Å²) >= 11 is 12.4. The molecule has 1 atom stereocenters. The van der Waals surface area contributed by atoms with Crippen molar-refractivity contribution in [2.24, 2.45) is 0 Å². The van der Waals surface area contributed by atoms with Gasteiger partial charge in [-0.2, -0.15) is 0 Å². The lowest BCUT2D eigenvalue weighted by atomic mass is 9.98. The molecule has 4 aromatic carbocycles. The summed E-state index contributed by atoms with van der Waals surface area (Å²) in [5, 5.41) is 9.24. The lowest BCUT2D eigenvalue weighted by molar-refractivity contribution is -0.131. The summed E-state index contributed by atoms with van der Waals surface area (Å²) in [7, 11) is 0. The highest BCUT2D eigenvalue weighted by Crippen LogP contribution is 2.30. The van der Waals surface area contributed by atoms with E-state index in [0.29, 0.717) is 54.8 Å². The van der Waals surface area contributed by atoms with Gasteiger partial charge in [0.2, 0.25) is 11.8 Å². The number of hydrogen-bond donors (Lipinski definition) is 4. The van der Waals surface area contributed by atoms with Crippen LogP contribution in [-0.4, -0.2) is 69.7 Å². The molecule has 1 aliphatic rings. The highest BCUT2D eigenvalue weighted by molar-refractivity contribution is 6.42. The molecule has 0 unspecified atom stereocenters. The van der Waals surface area contributed by atoms with Gasteiger partial charge >= 0.3 is 0 Å². The van der Waals surface area contributed by atoms with Crippen molar-refractivity contribution in [1.29, 1.82) is 0 Å². The quantitative estimate of drug-likeness (QED) is 0.0965. The van der Waals surface area contributed by atoms with Gasteiger partial charge in [0.1, 0.15) is 0 Å². The molecule has 2 aromatic heterocycles. The first-order chi connectivity index (χ1) is 26.2. The van der Waals surface area contributed by atoms with E-state index in [2.05, 4.69) is 37.6 Å². The van der Waals surface area contributed by atoms with Crippen molar-refractivity contribution in [2.75, 3.05) is 26.2 Å². The molecule has 3 heterocycles. The monoisotopic (exact) mass is 760 g/mol. The molecule has 0 saturated carbocycles. The zero-order valence-electron chi connectivity index (χ0n) is 30.0. The van der Waals surface area contributed by atoms with Gasteiger partial charge in [-0.1, -0.05) is 83.9 Å². The Morgan fingerprint density at radius 3 is 2.41 bits per heavy atom. The van der Waals surface area contributed by atoms with E-state index in [1.165, 1.54) is 12.5 Å². The molecule has 4 N–H and O–H groups in total. The number of H-pyrrole nitrogens is 2. The maximum atomic E-state index is 13.7. The van der Waals surface area contributed by atoms with Gasteiger partial charge in [-0.05, 0) is 71.5 Å². The van der Waals surface area contributed by atoms with Gasteiger partial charge in [-0.15, -0.1) is 0 Å². The Hall–Kier alpha value is -5.35. The van der Waals surface area contributed by atoms with E-state index in [-0.39, 0.29) is 30.3 Å². The van der Waals surface area contributed by atoms with E-state index in [0.717, 1.165) is 50.5 Å². The van der Waals surface area contributed by atoms with Gasteiger partial charge in [0.15, 0.2) is 0 Å². The fourth-order valence-corrected chi connectivity index (χ4v) is 7.46. The maximum Gasteiger partial charge on any atom is 0.251 e. The van der Waals surface area contributed by atoms with E-state index >= 15 is 0 Å². The SMILES string of the molecule is CC(=O)N(Cc1ccc(Cl)c(Cl)c1)C[C@@H](Cc1c[nH]c2ccccc12)NC(=O)CN1CC=C(c2c[nH]c3ccc(C(=O)NCc4ccccc4)cc23)CC1. The van der Waals surface area contributed by atoms with Crippen LogP contribution in [0.2, 0.25) is 10.0 Å². The molecule has 6 aromatic rings. The molecule has 0 saturated heterocycles. The van der Waals surface area contributed by atoms with Crippen molar-refractivity contribution in [1.82, 2.24) is 30.4 Å². The van der Waals surface area contributed by atoms with Gasteiger partial charge < -0.3 is 25.5 Å². The summed E-state index contributed by atoms with van der Waals surface area (Å²) in [5.41, 5.74) is 7.80. The number of fused-ring (bicyclic) bond motifs is 2. The van der Waals surface area contributed by atoms with Crippen LogP contribution in [-0.2, 0) is 29.1 Å². The predicted molar refractivity (Wildman–Crippen MR) is 216 cm³/mol. The summed E-state index contributed by atoms with van der Waals surface area (Å²) in [6, 6.07) is 28.7. The van der Waals surface area contributed by atoms with Crippen LogP contribution in [0.4, 0.5) is 0 Å². The van der Waals surface area contributed by atoms with Crippen molar-refractivity contribution in [3.8, 4) is 0 Å². The molecule has 54 heavy (non-hydrogen) atoms. The first kappa shape index (κ1) is 37.0. The molecule has 0 radical (unpaired) electrons. The number of benzene rings is 4. The van der Waals surface area contributed by atoms with Crippen LogP contribution >= 0.6 is 23.2 Å². The molecule has 0 spiro atoms. The number of para-hydroxylation sites is 1. The summed E-state index contributed by atoms with van der Waals surface area (Å²) < 4.78 is 0. The zero-order chi connectivity index (χ0) is 37.6.